The average Bonchev–Trinajstić information content (AvgIpc) is 4.26. The minimum absolute atomic E-state index is 0.0504. The van der Waals surface area contributed by atoms with E-state index in [0.29, 0.717) is 30.5 Å². The second kappa shape index (κ2) is 24.6. The van der Waals surface area contributed by atoms with Crippen LogP contribution in [0.5, 0.6) is 0 Å². The number of fused-ring (bicyclic) bond motifs is 4. The highest BCUT2D eigenvalue weighted by molar-refractivity contribution is 7.47. The predicted octanol–water partition coefficient (Wildman–Crippen LogP) is -0.106. The van der Waals surface area contributed by atoms with Gasteiger partial charge in [-0.25, -0.2) is 33.9 Å². The first kappa shape index (κ1) is 59.2. The summed E-state index contributed by atoms with van der Waals surface area (Å²) in [6.07, 6.45) is -7.25. The molecular weight excluding hydrogens is 1130 g/mol. The molecule has 0 radical (unpaired) electrons. The molecule has 6 amide bonds. The third-order valence-electron chi connectivity index (χ3n) is 13.3. The first-order chi connectivity index (χ1) is 39.0. The molecule has 0 aliphatic carbocycles. The number of benzene rings is 1. The van der Waals surface area contributed by atoms with Gasteiger partial charge in [0.15, 0.2) is 40.6 Å². The second-order valence-electron chi connectivity index (χ2n) is 19.5. The zero-order valence-electron chi connectivity index (χ0n) is 43.6. The van der Waals surface area contributed by atoms with Gasteiger partial charge < -0.3 is 55.9 Å². The zero-order valence-corrected chi connectivity index (χ0v) is 45.4. The number of rotatable bonds is 17. The number of imide groups is 1. The lowest BCUT2D eigenvalue weighted by Crippen LogP contribution is -2.53. The molecule has 0 saturated carbocycles. The van der Waals surface area contributed by atoms with E-state index in [1.165, 1.54) is 31.2 Å². The maximum Gasteiger partial charge on any atom is 0.472 e. The number of nitrogens with one attached hydrogen (secondary N) is 5. The van der Waals surface area contributed by atoms with Crippen molar-refractivity contribution in [1.82, 2.24) is 54.6 Å². The molecule has 11 N–H and O–H groups in total. The van der Waals surface area contributed by atoms with Gasteiger partial charge >= 0.3 is 21.7 Å². The van der Waals surface area contributed by atoms with E-state index < -0.39 is 113 Å². The highest BCUT2D eigenvalue weighted by atomic mass is 31.2. The van der Waals surface area contributed by atoms with Crippen molar-refractivity contribution < 1.29 is 90.2 Å². The van der Waals surface area contributed by atoms with Gasteiger partial charge in [-0.15, -0.1) is 0 Å². The van der Waals surface area contributed by atoms with Crippen LogP contribution in [0, 0.1) is 5.92 Å². The van der Waals surface area contributed by atoms with Crippen LogP contribution >= 0.6 is 15.6 Å². The van der Waals surface area contributed by atoms with E-state index in [-0.39, 0.29) is 77.3 Å². The number of aromatic nitrogens is 8. The number of nitrogen functional groups attached to an aromatic ring is 1. The van der Waals surface area contributed by atoms with Crippen molar-refractivity contribution >= 4 is 91.1 Å². The highest BCUT2D eigenvalue weighted by Crippen LogP contribution is 2.54. The molecule has 1 aromatic carbocycles. The predicted molar refractivity (Wildman–Crippen MR) is 277 cm³/mol. The monoisotopic (exact) mass is 1190 g/mol. The number of nitrogens with two attached hydrogens (primary N) is 1. The molecule has 9 rings (SSSR count). The van der Waals surface area contributed by atoms with E-state index >= 15 is 0 Å². The van der Waals surface area contributed by atoms with Crippen molar-refractivity contribution in [3.05, 3.63) is 71.3 Å². The maximum absolute atomic E-state index is 13.5. The van der Waals surface area contributed by atoms with Crippen LogP contribution < -0.4 is 32.6 Å². The summed E-state index contributed by atoms with van der Waals surface area (Å²) in [6.45, 7) is 3.10. The summed E-state index contributed by atoms with van der Waals surface area (Å²) in [6, 6.07) is 4.26. The number of nitrogens with zero attached hydrogens (tertiary/aromatic N) is 8. The molecule has 0 spiro atoms. The number of hydrogen-bond acceptors (Lipinski definition) is 24. The number of aliphatic hydroxyl groups is 2. The summed E-state index contributed by atoms with van der Waals surface area (Å²) in [4.78, 5) is 133. The highest BCUT2D eigenvalue weighted by Gasteiger charge is 2.54. The van der Waals surface area contributed by atoms with E-state index in [9.17, 15) is 62.7 Å². The number of phosphoric acid groups is 2. The normalized spacial score (nSPS) is 27.3. The van der Waals surface area contributed by atoms with Gasteiger partial charge in [-0.2, -0.15) is 4.98 Å². The molecular formula is C46H56N14O20P2. The first-order valence-corrected chi connectivity index (χ1v) is 28.3. The van der Waals surface area contributed by atoms with E-state index in [0.717, 1.165) is 33.0 Å². The number of H-pyrrole nitrogens is 1. The molecule has 12 atom stereocenters. The van der Waals surface area contributed by atoms with Crippen molar-refractivity contribution in [2.24, 2.45) is 5.92 Å². The lowest BCUT2D eigenvalue weighted by atomic mass is 10.0. The molecule has 82 heavy (non-hydrogen) atoms. The zero-order chi connectivity index (χ0) is 58.8. The van der Waals surface area contributed by atoms with Crippen LogP contribution in [0.2, 0.25) is 0 Å². The number of aromatic amines is 1. The molecule has 3 fully saturated rings. The number of ether oxygens (including phenoxy) is 3. The summed E-state index contributed by atoms with van der Waals surface area (Å²) in [7, 11) is -10.4. The Kier molecular flexibility index (Phi) is 17.7. The van der Waals surface area contributed by atoms with Gasteiger partial charge in [0.2, 0.25) is 23.7 Å². The molecule has 4 aliphatic heterocycles. The van der Waals surface area contributed by atoms with E-state index in [4.69, 9.17) is 38.0 Å². The molecule has 4 aromatic heterocycles. The first-order valence-electron chi connectivity index (χ1n) is 25.3. The molecule has 5 unspecified atom stereocenters. The fourth-order valence-electron chi connectivity index (χ4n) is 9.14. The van der Waals surface area contributed by atoms with Gasteiger partial charge in [0, 0.05) is 30.8 Å². The van der Waals surface area contributed by atoms with Crippen LogP contribution in [-0.4, -0.2) is 168 Å². The second-order valence-corrected chi connectivity index (χ2v) is 22.3. The number of anilines is 3. The van der Waals surface area contributed by atoms with Gasteiger partial charge in [0.25, 0.3) is 17.4 Å². The third kappa shape index (κ3) is 13.4. The van der Waals surface area contributed by atoms with Crippen molar-refractivity contribution in [3.8, 4) is 0 Å². The Morgan fingerprint density at radius 1 is 0.780 bits per heavy atom. The van der Waals surface area contributed by atoms with Crippen LogP contribution in [0.4, 0.5) is 22.2 Å². The Morgan fingerprint density at radius 2 is 1.38 bits per heavy atom. The average molecular weight is 1190 g/mol. The van der Waals surface area contributed by atoms with Crippen LogP contribution in [0.25, 0.3) is 22.3 Å². The topological polar surface area (TPSA) is 467 Å². The number of imidazole rings is 2. The van der Waals surface area contributed by atoms with Gasteiger partial charge in [0.1, 0.15) is 61.6 Å². The summed E-state index contributed by atoms with van der Waals surface area (Å²) in [5.41, 5.74) is 5.35. The van der Waals surface area contributed by atoms with Gasteiger partial charge in [-0.3, -0.25) is 71.2 Å². The molecule has 8 heterocycles. The van der Waals surface area contributed by atoms with Gasteiger partial charge in [0.05, 0.1) is 25.9 Å². The molecule has 3 saturated heterocycles. The Balaban J connectivity index is 0.757. The molecule has 34 nitrogen and oxygen atoms in total. The summed E-state index contributed by atoms with van der Waals surface area (Å²) >= 11 is 0. The molecule has 5 aromatic rings. The van der Waals surface area contributed by atoms with Gasteiger partial charge in [-0.1, -0.05) is 32.4 Å². The van der Waals surface area contributed by atoms with Crippen molar-refractivity contribution in [1.29, 1.82) is 0 Å². The minimum atomic E-state index is -5.22. The van der Waals surface area contributed by atoms with Crippen LogP contribution in [0.1, 0.15) is 64.5 Å². The number of aliphatic hydroxyl groups excluding tert-OH is 2. The summed E-state index contributed by atoms with van der Waals surface area (Å²) < 4.78 is 67.4. The number of phosphoric ester groups is 2. The summed E-state index contributed by atoms with van der Waals surface area (Å²) in [5, 5.41) is 33.4. The van der Waals surface area contributed by atoms with E-state index in [1.54, 1.807) is 26.0 Å². The standard InChI is InChI=1S/C46H56N14O20P2/c1-21(2)30(54-27(61)7-5-4-6-14-58-28(62)12-13-29(58)63)41(67)52-22(3)40(66)53-24-10-8-23(9-11-24)15-74-46(69)55-37-31-38(49-18-48-37)59(19-50-31)43-33(64)35-25(77-43)16-75-82(72,73)80-36-26(17-76-81(70,71)79-35)78-44(34(36)65)60-20-51-32-39(60)56-45(47)57-42(32)68/h8-13,18-22,25-26,30,33-36,43-44,64-65H,4-7,14-17H2,1-3H3,(H,52,67)(H,53,66)(H,54,61)(H,70,71)(H,72,73)(H3,47,56,57,68)(H,48,49,55,69)/t22-,25-,26-,30?,33?,34+,35?,36+,43-,44-/m1/s1. The molecule has 36 heteroatoms. The molecule has 440 valence electrons. The fourth-order valence-corrected chi connectivity index (χ4v) is 11.1. The number of unbranched alkanes of at least 4 members (excludes halogenated alkanes) is 2. The SMILES string of the molecule is CC(C)C(NC(=O)CCCCCN1C(=O)C=CC1=O)C(=O)N[C@H](C)C(=O)Nc1ccc(COC(=O)Nc2ncnc3c2ncn3[C@@H]2O[C@@H]3COP(=O)(O)O[C@@H]4[C@H](O)[C@H](n5cnc6c(=O)[nH]c(N)nc65)O[C@@H]4COP(=O)(O)OC3C2O)cc1. The van der Waals surface area contributed by atoms with Crippen molar-refractivity contribution in [3.63, 3.8) is 0 Å². The molecule has 4 aliphatic rings. The van der Waals surface area contributed by atoms with Crippen molar-refractivity contribution in [2.45, 2.75) is 114 Å². The number of carbonyl (C=O) groups is 6. The Bertz CT molecular complexity index is 3430. The van der Waals surface area contributed by atoms with E-state index in [1.807, 2.05) is 0 Å². The van der Waals surface area contributed by atoms with Crippen LogP contribution in [0.15, 0.2) is 60.2 Å². The lowest BCUT2D eigenvalue weighted by molar-refractivity contribution is -0.137. The largest absolute Gasteiger partial charge is 0.472 e. The Morgan fingerprint density at radius 3 is 1.99 bits per heavy atom. The number of amides is 6. The smallest absolute Gasteiger partial charge is 0.444 e. The third-order valence-corrected chi connectivity index (χ3v) is 15.3. The fraction of sp³-hybridized carbons (Fsp3) is 0.478. The Labute approximate surface area is 462 Å². The van der Waals surface area contributed by atoms with Gasteiger partial charge in [-0.05, 0) is 43.4 Å². The van der Waals surface area contributed by atoms with E-state index in [2.05, 4.69) is 51.2 Å². The number of carbonyl (C=O) groups excluding carboxylic acids is 6. The van der Waals surface area contributed by atoms with Crippen molar-refractivity contribution in [2.75, 3.05) is 36.1 Å². The quantitative estimate of drug-likeness (QED) is 0.0330. The maximum atomic E-state index is 13.5. The minimum Gasteiger partial charge on any atom is -0.444 e. The lowest BCUT2D eigenvalue weighted by Gasteiger charge is -2.27. The number of hydrogen-bond donors (Lipinski definition) is 10. The Hall–Kier alpha value is -7.46. The van der Waals surface area contributed by atoms with Crippen LogP contribution in [0.3, 0.4) is 0 Å². The molecule has 0 bridgehead atoms. The summed E-state index contributed by atoms with van der Waals surface area (Å²) in [5.74, 6) is -3.02. The van der Waals surface area contributed by atoms with Crippen LogP contribution in [-0.2, 0) is 72.0 Å².